The summed E-state index contributed by atoms with van der Waals surface area (Å²) in [6.07, 6.45) is 2.59. The Bertz CT molecular complexity index is 622. The fourth-order valence-electron chi connectivity index (χ4n) is 2.16. The Morgan fingerprint density at radius 2 is 2.05 bits per heavy atom. The van der Waals surface area contributed by atoms with Crippen LogP contribution < -0.4 is 0 Å². The van der Waals surface area contributed by atoms with E-state index in [1.165, 1.54) is 16.6 Å². The molecule has 2 aromatic rings. The molecule has 6 heteroatoms. The predicted molar refractivity (Wildman–Crippen MR) is 90.0 cm³/mol. The summed E-state index contributed by atoms with van der Waals surface area (Å²) in [6.45, 7) is 9.60. The van der Waals surface area contributed by atoms with Crippen molar-refractivity contribution < 1.29 is 4.79 Å². The quantitative estimate of drug-likeness (QED) is 0.602. The average Bonchev–Trinajstić information content (AvgIpc) is 2.92. The SMILES string of the molecule is CCc1cc2c(SC(C)C(=O)N(CC)CC)ncnc2s1. The standard InChI is InChI=1S/C15H21N3OS2/c1-5-11-8-12-13(16-9-17-14(12)21-11)20-10(4)15(19)18(6-2)7-3/h8-10H,5-7H2,1-4H3. The lowest BCUT2D eigenvalue weighted by atomic mass is 10.3. The minimum Gasteiger partial charge on any atom is -0.342 e. The fourth-order valence-corrected chi connectivity index (χ4v) is 4.14. The largest absolute Gasteiger partial charge is 0.342 e. The smallest absolute Gasteiger partial charge is 0.235 e. The van der Waals surface area contributed by atoms with Crippen LogP contribution in [-0.2, 0) is 11.2 Å². The van der Waals surface area contributed by atoms with Gasteiger partial charge in [-0.3, -0.25) is 4.79 Å². The number of aryl methyl sites for hydroxylation is 1. The van der Waals surface area contributed by atoms with E-state index in [9.17, 15) is 4.79 Å². The van der Waals surface area contributed by atoms with Gasteiger partial charge in [0.25, 0.3) is 0 Å². The van der Waals surface area contributed by atoms with Crippen molar-refractivity contribution in [2.45, 2.75) is 44.4 Å². The Hall–Kier alpha value is -1.14. The van der Waals surface area contributed by atoms with Gasteiger partial charge in [-0.05, 0) is 33.3 Å². The molecule has 0 bridgehead atoms. The molecule has 0 N–H and O–H groups in total. The average molecular weight is 323 g/mol. The molecule has 4 nitrogen and oxygen atoms in total. The van der Waals surface area contributed by atoms with Gasteiger partial charge in [0.2, 0.25) is 5.91 Å². The number of thioether (sulfide) groups is 1. The molecule has 0 aliphatic rings. The minimum atomic E-state index is -0.132. The number of nitrogens with zero attached hydrogens (tertiary/aromatic N) is 3. The number of hydrogen-bond donors (Lipinski definition) is 0. The zero-order chi connectivity index (χ0) is 15.4. The molecule has 2 aromatic heterocycles. The minimum absolute atomic E-state index is 0.132. The number of carbonyl (C=O) groups excluding carboxylic acids is 1. The highest BCUT2D eigenvalue weighted by Gasteiger charge is 2.21. The number of fused-ring (bicyclic) bond motifs is 1. The van der Waals surface area contributed by atoms with Gasteiger partial charge in [0.05, 0.1) is 5.25 Å². The molecule has 0 saturated carbocycles. The zero-order valence-electron chi connectivity index (χ0n) is 12.9. The molecule has 0 spiro atoms. The molecule has 0 saturated heterocycles. The van der Waals surface area contributed by atoms with Crippen LogP contribution in [0.5, 0.6) is 0 Å². The van der Waals surface area contributed by atoms with E-state index >= 15 is 0 Å². The van der Waals surface area contributed by atoms with Crippen molar-refractivity contribution in [2.75, 3.05) is 13.1 Å². The normalized spacial score (nSPS) is 12.6. The van der Waals surface area contributed by atoms with Gasteiger partial charge < -0.3 is 4.90 Å². The fraction of sp³-hybridized carbons (Fsp3) is 0.533. The first-order valence-electron chi connectivity index (χ1n) is 7.29. The van der Waals surface area contributed by atoms with E-state index in [2.05, 4.69) is 23.0 Å². The van der Waals surface area contributed by atoms with Crippen LogP contribution in [0.25, 0.3) is 10.2 Å². The van der Waals surface area contributed by atoms with Crippen LogP contribution in [0, 0.1) is 0 Å². The molecule has 21 heavy (non-hydrogen) atoms. The maximum absolute atomic E-state index is 12.4. The number of carbonyl (C=O) groups is 1. The van der Waals surface area contributed by atoms with Crippen LogP contribution >= 0.6 is 23.1 Å². The van der Waals surface area contributed by atoms with Crippen molar-refractivity contribution in [1.29, 1.82) is 0 Å². The first kappa shape index (κ1) is 16.2. The third-order valence-corrected chi connectivity index (χ3v) is 5.69. The van der Waals surface area contributed by atoms with Gasteiger partial charge in [-0.15, -0.1) is 11.3 Å². The molecular formula is C15H21N3OS2. The van der Waals surface area contributed by atoms with E-state index < -0.39 is 0 Å². The van der Waals surface area contributed by atoms with Crippen LogP contribution in [0.2, 0.25) is 0 Å². The van der Waals surface area contributed by atoms with E-state index in [1.807, 2.05) is 25.7 Å². The summed E-state index contributed by atoms with van der Waals surface area (Å²) in [5, 5.41) is 1.85. The lowest BCUT2D eigenvalue weighted by Gasteiger charge is -2.22. The second-order valence-electron chi connectivity index (χ2n) is 4.73. The molecule has 1 atom stereocenters. The molecule has 0 radical (unpaired) electrons. The number of aromatic nitrogens is 2. The Morgan fingerprint density at radius 3 is 2.67 bits per heavy atom. The summed E-state index contributed by atoms with van der Waals surface area (Å²) in [5.41, 5.74) is 0. The third-order valence-electron chi connectivity index (χ3n) is 3.40. The Morgan fingerprint density at radius 1 is 1.33 bits per heavy atom. The van der Waals surface area contributed by atoms with Crippen LogP contribution in [0.15, 0.2) is 17.4 Å². The number of hydrogen-bond acceptors (Lipinski definition) is 5. The van der Waals surface area contributed by atoms with Gasteiger partial charge in [-0.25, -0.2) is 9.97 Å². The van der Waals surface area contributed by atoms with Gasteiger partial charge in [-0.1, -0.05) is 18.7 Å². The van der Waals surface area contributed by atoms with Gasteiger partial charge in [0.1, 0.15) is 16.2 Å². The van der Waals surface area contributed by atoms with Crippen LogP contribution in [-0.4, -0.2) is 39.1 Å². The maximum Gasteiger partial charge on any atom is 0.235 e. The topological polar surface area (TPSA) is 46.1 Å². The van der Waals surface area contributed by atoms with Crippen molar-refractivity contribution in [2.24, 2.45) is 0 Å². The molecule has 0 aromatic carbocycles. The molecular weight excluding hydrogens is 302 g/mol. The number of rotatable bonds is 6. The predicted octanol–water partition coefficient (Wildman–Crippen LogP) is 3.60. The summed E-state index contributed by atoms with van der Waals surface area (Å²) < 4.78 is 0. The highest BCUT2D eigenvalue weighted by molar-refractivity contribution is 8.00. The van der Waals surface area contributed by atoms with E-state index in [0.29, 0.717) is 0 Å². The molecule has 2 heterocycles. The third kappa shape index (κ3) is 3.55. The van der Waals surface area contributed by atoms with Crippen molar-refractivity contribution in [3.8, 4) is 0 Å². The van der Waals surface area contributed by atoms with Crippen LogP contribution in [0.3, 0.4) is 0 Å². The van der Waals surface area contributed by atoms with Crippen molar-refractivity contribution in [3.63, 3.8) is 0 Å². The second kappa shape index (κ2) is 7.22. The lowest BCUT2D eigenvalue weighted by Crippen LogP contribution is -2.36. The van der Waals surface area contributed by atoms with Crippen molar-refractivity contribution >= 4 is 39.2 Å². The first-order chi connectivity index (χ1) is 10.1. The van der Waals surface area contributed by atoms with E-state index in [1.54, 1.807) is 17.7 Å². The van der Waals surface area contributed by atoms with E-state index in [0.717, 1.165) is 34.8 Å². The Kier molecular flexibility index (Phi) is 5.58. The number of thiophene rings is 1. The summed E-state index contributed by atoms with van der Waals surface area (Å²) in [5.74, 6) is 0.169. The van der Waals surface area contributed by atoms with Gasteiger partial charge >= 0.3 is 0 Å². The Labute approximate surface area is 134 Å². The highest BCUT2D eigenvalue weighted by atomic mass is 32.2. The molecule has 114 valence electrons. The molecule has 1 amide bonds. The molecule has 0 aliphatic carbocycles. The van der Waals surface area contributed by atoms with Gasteiger partial charge in [0, 0.05) is 23.4 Å². The van der Waals surface area contributed by atoms with E-state index in [-0.39, 0.29) is 11.2 Å². The summed E-state index contributed by atoms with van der Waals surface area (Å²) in [7, 11) is 0. The van der Waals surface area contributed by atoms with Gasteiger partial charge in [-0.2, -0.15) is 0 Å². The maximum atomic E-state index is 12.4. The number of amides is 1. The van der Waals surface area contributed by atoms with Crippen LogP contribution in [0.4, 0.5) is 0 Å². The lowest BCUT2D eigenvalue weighted by molar-refractivity contribution is -0.129. The monoisotopic (exact) mass is 323 g/mol. The summed E-state index contributed by atoms with van der Waals surface area (Å²) in [6, 6.07) is 2.15. The van der Waals surface area contributed by atoms with Crippen molar-refractivity contribution in [3.05, 3.63) is 17.3 Å². The molecule has 0 fully saturated rings. The van der Waals surface area contributed by atoms with Gasteiger partial charge in [0.15, 0.2) is 0 Å². The second-order valence-corrected chi connectivity index (χ2v) is 7.18. The summed E-state index contributed by atoms with van der Waals surface area (Å²) in [4.78, 5) is 25.2. The molecule has 1 unspecified atom stereocenters. The van der Waals surface area contributed by atoms with E-state index in [4.69, 9.17) is 0 Å². The highest BCUT2D eigenvalue weighted by Crippen LogP contribution is 2.33. The first-order valence-corrected chi connectivity index (χ1v) is 8.99. The van der Waals surface area contributed by atoms with Crippen molar-refractivity contribution in [1.82, 2.24) is 14.9 Å². The zero-order valence-corrected chi connectivity index (χ0v) is 14.6. The molecule has 0 aliphatic heterocycles. The van der Waals surface area contributed by atoms with Crippen LogP contribution in [0.1, 0.15) is 32.6 Å². The molecule has 2 rings (SSSR count). The Balaban J connectivity index is 2.23. The summed E-state index contributed by atoms with van der Waals surface area (Å²) >= 11 is 3.23.